The van der Waals surface area contributed by atoms with Crippen LogP contribution in [0.5, 0.6) is 0 Å². The second kappa shape index (κ2) is 19.0. The van der Waals surface area contributed by atoms with Crippen LogP contribution < -0.4 is 0 Å². The van der Waals surface area contributed by atoms with Crippen molar-refractivity contribution in [3.63, 3.8) is 0 Å². The van der Waals surface area contributed by atoms with Gasteiger partial charge in [0, 0.05) is 0 Å². The van der Waals surface area contributed by atoms with Crippen molar-refractivity contribution in [3.05, 3.63) is 0 Å². The van der Waals surface area contributed by atoms with Crippen LogP contribution in [0, 0.1) is 17.3 Å². The first-order chi connectivity index (χ1) is 13.6. The maximum atomic E-state index is 2.63. The quantitative estimate of drug-likeness (QED) is 0.170. The molecule has 0 radical (unpaired) electrons. The molecule has 0 aliphatic carbocycles. The summed E-state index contributed by atoms with van der Waals surface area (Å²) < 4.78 is 0. The fourth-order valence-corrected chi connectivity index (χ4v) is 5.81. The van der Waals surface area contributed by atoms with Gasteiger partial charge in [-0.15, -0.1) is 0 Å². The number of hydrogen-bond acceptors (Lipinski definition) is 0. The maximum absolute atomic E-state index is 2.63. The summed E-state index contributed by atoms with van der Waals surface area (Å²) in [4.78, 5) is 0. The van der Waals surface area contributed by atoms with Crippen molar-refractivity contribution in [2.75, 3.05) is 0 Å². The predicted molar refractivity (Wildman–Crippen MR) is 131 cm³/mol. The summed E-state index contributed by atoms with van der Waals surface area (Å²) in [6.45, 7) is 14.6. The van der Waals surface area contributed by atoms with Crippen molar-refractivity contribution < 1.29 is 0 Å². The molecular weight excluding hydrogens is 336 g/mol. The molecule has 0 aromatic carbocycles. The third-order valence-electron chi connectivity index (χ3n) is 7.72. The van der Waals surface area contributed by atoms with Crippen LogP contribution in [0.1, 0.15) is 164 Å². The molecule has 0 aromatic heterocycles. The van der Waals surface area contributed by atoms with Gasteiger partial charge in [0.15, 0.2) is 0 Å². The van der Waals surface area contributed by atoms with E-state index in [9.17, 15) is 0 Å². The standard InChI is InChI=1S/C28H58/c1-7-12-15-17-18-19-20-22-26(6)28(11-5,25-10-4)27(23-14-9-3)24-21-16-13-8-2/h26-27H,7-25H2,1-6H3. The highest BCUT2D eigenvalue weighted by atomic mass is 14.4. The smallest absolute Gasteiger partial charge is 0.0246 e. The summed E-state index contributed by atoms with van der Waals surface area (Å²) in [5.74, 6) is 1.87. The van der Waals surface area contributed by atoms with E-state index in [-0.39, 0.29) is 0 Å². The molecule has 0 saturated carbocycles. The Balaban J connectivity index is 4.82. The van der Waals surface area contributed by atoms with Gasteiger partial charge < -0.3 is 0 Å². The number of rotatable bonds is 21. The molecular formula is C28H58. The first-order valence-electron chi connectivity index (χ1n) is 13.6. The Hall–Kier alpha value is 0. The second-order valence-corrected chi connectivity index (χ2v) is 9.84. The van der Waals surface area contributed by atoms with Gasteiger partial charge in [-0.05, 0) is 42.9 Å². The monoisotopic (exact) mass is 394 g/mol. The van der Waals surface area contributed by atoms with Crippen LogP contribution in [0.3, 0.4) is 0 Å². The summed E-state index contributed by atoms with van der Waals surface area (Å²) in [5.41, 5.74) is 0.609. The van der Waals surface area contributed by atoms with Crippen LogP contribution in [0.2, 0.25) is 0 Å². The van der Waals surface area contributed by atoms with Gasteiger partial charge >= 0.3 is 0 Å². The molecule has 0 amide bonds. The zero-order valence-corrected chi connectivity index (χ0v) is 21.1. The lowest BCUT2D eigenvalue weighted by molar-refractivity contribution is 0.0391. The molecule has 0 aliphatic heterocycles. The molecule has 0 rings (SSSR count). The molecule has 0 spiro atoms. The largest absolute Gasteiger partial charge is 0.0654 e. The minimum absolute atomic E-state index is 0.609. The highest BCUT2D eigenvalue weighted by Gasteiger charge is 2.39. The van der Waals surface area contributed by atoms with E-state index in [2.05, 4.69) is 41.5 Å². The van der Waals surface area contributed by atoms with Crippen molar-refractivity contribution >= 4 is 0 Å². The van der Waals surface area contributed by atoms with Crippen LogP contribution in [-0.4, -0.2) is 0 Å². The zero-order valence-electron chi connectivity index (χ0n) is 21.1. The topological polar surface area (TPSA) is 0 Å². The zero-order chi connectivity index (χ0) is 21.1. The highest BCUT2D eigenvalue weighted by molar-refractivity contribution is 4.89. The Morgan fingerprint density at radius 3 is 1.50 bits per heavy atom. The fraction of sp³-hybridized carbons (Fsp3) is 1.00. The Morgan fingerprint density at radius 1 is 0.500 bits per heavy atom. The molecule has 0 heterocycles. The lowest BCUT2D eigenvalue weighted by Crippen LogP contribution is -2.37. The summed E-state index contributed by atoms with van der Waals surface area (Å²) >= 11 is 0. The van der Waals surface area contributed by atoms with Gasteiger partial charge in [-0.1, -0.05) is 138 Å². The maximum Gasteiger partial charge on any atom is -0.0246 e. The Morgan fingerprint density at radius 2 is 0.964 bits per heavy atom. The Labute approximate surface area is 181 Å². The van der Waals surface area contributed by atoms with Crippen molar-refractivity contribution in [3.8, 4) is 0 Å². The Kier molecular flexibility index (Phi) is 19.0. The van der Waals surface area contributed by atoms with Crippen molar-refractivity contribution in [1.29, 1.82) is 0 Å². The van der Waals surface area contributed by atoms with Crippen molar-refractivity contribution in [1.82, 2.24) is 0 Å². The van der Waals surface area contributed by atoms with E-state index in [0.717, 1.165) is 11.8 Å². The summed E-state index contributed by atoms with van der Waals surface area (Å²) in [6, 6.07) is 0. The average Bonchev–Trinajstić information content (AvgIpc) is 2.71. The lowest BCUT2D eigenvalue weighted by atomic mass is 9.59. The molecule has 3 unspecified atom stereocenters. The van der Waals surface area contributed by atoms with Gasteiger partial charge in [-0.25, -0.2) is 0 Å². The molecule has 28 heavy (non-hydrogen) atoms. The fourth-order valence-electron chi connectivity index (χ4n) is 5.81. The van der Waals surface area contributed by atoms with Crippen molar-refractivity contribution in [2.45, 2.75) is 164 Å². The van der Waals surface area contributed by atoms with Crippen LogP contribution in [-0.2, 0) is 0 Å². The van der Waals surface area contributed by atoms with Crippen LogP contribution in [0.25, 0.3) is 0 Å². The third-order valence-corrected chi connectivity index (χ3v) is 7.72. The van der Waals surface area contributed by atoms with Gasteiger partial charge in [-0.2, -0.15) is 0 Å². The summed E-state index contributed by atoms with van der Waals surface area (Å²) in [7, 11) is 0. The molecule has 0 saturated heterocycles. The van der Waals surface area contributed by atoms with E-state index < -0.39 is 0 Å². The first-order valence-corrected chi connectivity index (χ1v) is 13.6. The van der Waals surface area contributed by atoms with Crippen LogP contribution in [0.4, 0.5) is 0 Å². The van der Waals surface area contributed by atoms with E-state index in [0.29, 0.717) is 5.41 Å². The van der Waals surface area contributed by atoms with Gasteiger partial charge in [0.05, 0.1) is 0 Å². The van der Waals surface area contributed by atoms with Gasteiger partial charge in [0.25, 0.3) is 0 Å². The molecule has 0 bridgehead atoms. The van der Waals surface area contributed by atoms with E-state index in [1.807, 2.05) is 0 Å². The third kappa shape index (κ3) is 11.3. The minimum atomic E-state index is 0.609. The Bertz CT molecular complexity index is 307. The van der Waals surface area contributed by atoms with Crippen LogP contribution in [0.15, 0.2) is 0 Å². The molecule has 3 atom stereocenters. The van der Waals surface area contributed by atoms with Gasteiger partial charge in [0.2, 0.25) is 0 Å². The second-order valence-electron chi connectivity index (χ2n) is 9.84. The predicted octanol–water partition coefficient (Wildman–Crippen LogP) is 10.7. The molecule has 0 nitrogen and oxygen atoms in total. The molecule has 170 valence electrons. The number of hydrogen-bond donors (Lipinski definition) is 0. The minimum Gasteiger partial charge on any atom is -0.0654 e. The molecule has 0 aromatic rings. The molecule has 0 heteroatoms. The summed E-state index contributed by atoms with van der Waals surface area (Å²) in [5, 5.41) is 0. The van der Waals surface area contributed by atoms with Gasteiger partial charge in [-0.3, -0.25) is 0 Å². The average molecular weight is 395 g/mol. The highest BCUT2D eigenvalue weighted by Crippen LogP contribution is 2.49. The SMILES string of the molecule is CCCCCCCCCC(C)C(CC)(CCC)C(CCCC)CCCCCC. The first kappa shape index (κ1) is 28.0. The van der Waals surface area contributed by atoms with E-state index >= 15 is 0 Å². The molecule has 0 N–H and O–H groups in total. The van der Waals surface area contributed by atoms with E-state index in [1.165, 1.54) is 122 Å². The van der Waals surface area contributed by atoms with E-state index in [4.69, 9.17) is 0 Å². The van der Waals surface area contributed by atoms with Gasteiger partial charge in [0.1, 0.15) is 0 Å². The molecule has 0 fully saturated rings. The van der Waals surface area contributed by atoms with Crippen molar-refractivity contribution in [2.24, 2.45) is 17.3 Å². The lowest BCUT2D eigenvalue weighted by Gasteiger charge is -2.46. The van der Waals surface area contributed by atoms with E-state index in [1.54, 1.807) is 0 Å². The van der Waals surface area contributed by atoms with Crippen LogP contribution >= 0.6 is 0 Å². The molecule has 0 aliphatic rings. The number of unbranched alkanes of at least 4 members (excludes halogenated alkanes) is 10. The normalized spacial score (nSPS) is 16.1. The summed E-state index contributed by atoms with van der Waals surface area (Å²) in [6.07, 6.45) is 27.3.